The molecule has 4 aliphatic rings. The number of thiophene rings is 1. The second kappa shape index (κ2) is 7.95. The third-order valence-electron chi connectivity index (χ3n) is 8.26. The fourth-order valence-electron chi connectivity index (χ4n) is 5.76. The van der Waals surface area contributed by atoms with Crippen LogP contribution in [0.15, 0.2) is 47.5 Å². The summed E-state index contributed by atoms with van der Waals surface area (Å²) in [6.07, 6.45) is 3.17. The molecule has 8 heteroatoms. The van der Waals surface area contributed by atoms with Gasteiger partial charge in [0, 0.05) is 29.2 Å². The maximum Gasteiger partial charge on any atom is 0.256 e. The quantitative estimate of drug-likeness (QED) is 0.541. The molecule has 1 aromatic heterocycles. The summed E-state index contributed by atoms with van der Waals surface area (Å²) < 4.78 is 16.8. The molecule has 1 spiro atoms. The van der Waals surface area contributed by atoms with E-state index in [1.807, 2.05) is 12.1 Å². The molecule has 1 unspecified atom stereocenters. The molecule has 2 amide bonds. The van der Waals surface area contributed by atoms with Crippen molar-refractivity contribution >= 4 is 39.1 Å². The predicted octanol–water partition coefficient (Wildman–Crippen LogP) is 4.51. The van der Waals surface area contributed by atoms with Crippen molar-refractivity contribution in [1.29, 1.82) is 0 Å². The van der Waals surface area contributed by atoms with E-state index in [4.69, 9.17) is 4.99 Å². The highest BCUT2D eigenvalue weighted by Gasteiger charge is 2.58. The maximum absolute atomic E-state index is 15.6. The van der Waals surface area contributed by atoms with Crippen LogP contribution in [0.1, 0.15) is 42.5 Å². The van der Waals surface area contributed by atoms with Crippen LogP contribution in [0.25, 0.3) is 21.2 Å². The summed E-state index contributed by atoms with van der Waals surface area (Å²) >= 11 is 1.74. The zero-order valence-corrected chi connectivity index (χ0v) is 21.5. The summed E-state index contributed by atoms with van der Waals surface area (Å²) in [7, 11) is 0. The van der Waals surface area contributed by atoms with Gasteiger partial charge in [0.2, 0.25) is 0 Å². The number of halogens is 1. The van der Waals surface area contributed by atoms with Gasteiger partial charge in [0.25, 0.3) is 11.8 Å². The smallest absolute Gasteiger partial charge is 0.256 e. The van der Waals surface area contributed by atoms with Gasteiger partial charge in [-0.05, 0) is 91.8 Å². The maximum atomic E-state index is 15.6. The molecule has 2 aliphatic carbocycles. The van der Waals surface area contributed by atoms with Crippen molar-refractivity contribution in [1.82, 2.24) is 9.80 Å². The van der Waals surface area contributed by atoms with Crippen LogP contribution in [-0.2, 0) is 9.59 Å². The molecule has 0 radical (unpaired) electrons. The molecule has 3 heterocycles. The number of aliphatic imine (C=N–C) groups is 1. The highest BCUT2D eigenvalue weighted by molar-refractivity contribution is 7.19. The average molecular weight is 518 g/mol. The van der Waals surface area contributed by atoms with Crippen molar-refractivity contribution in [2.75, 3.05) is 19.6 Å². The van der Waals surface area contributed by atoms with Crippen molar-refractivity contribution in [2.24, 2.45) is 10.9 Å². The van der Waals surface area contributed by atoms with Gasteiger partial charge in [0.1, 0.15) is 22.8 Å². The first-order valence-corrected chi connectivity index (χ1v) is 13.8. The summed E-state index contributed by atoms with van der Waals surface area (Å²) in [6, 6.07) is 13.5. The van der Waals surface area contributed by atoms with E-state index in [0.717, 1.165) is 22.9 Å². The predicted molar refractivity (Wildman–Crippen MR) is 141 cm³/mol. The molecule has 190 valence electrons. The number of amidine groups is 1. The Morgan fingerprint density at radius 3 is 2.62 bits per heavy atom. The van der Waals surface area contributed by atoms with Gasteiger partial charge in [-0.25, -0.2) is 4.39 Å². The lowest BCUT2D eigenvalue weighted by atomic mass is 10.0. The largest absolute Gasteiger partial charge is 0.380 e. The van der Waals surface area contributed by atoms with Crippen LogP contribution in [0.5, 0.6) is 0 Å². The van der Waals surface area contributed by atoms with Crippen molar-refractivity contribution in [3.63, 3.8) is 0 Å². The highest BCUT2D eigenvalue weighted by Crippen LogP contribution is 2.47. The van der Waals surface area contributed by atoms with E-state index in [9.17, 15) is 14.7 Å². The summed E-state index contributed by atoms with van der Waals surface area (Å²) in [5, 5.41) is 11.4. The zero-order chi connectivity index (χ0) is 25.5. The number of hydrogen-bond acceptors (Lipinski definition) is 5. The number of amides is 2. The molecule has 1 N–H and O–H groups in total. The number of carbonyl (C=O) groups is 2. The van der Waals surface area contributed by atoms with Gasteiger partial charge in [-0.1, -0.05) is 12.1 Å². The van der Waals surface area contributed by atoms with Gasteiger partial charge < -0.3 is 10.0 Å². The Bertz CT molecular complexity index is 1500. The molecule has 0 bridgehead atoms. The van der Waals surface area contributed by atoms with Gasteiger partial charge >= 0.3 is 0 Å². The van der Waals surface area contributed by atoms with E-state index in [0.29, 0.717) is 56.7 Å². The topological polar surface area (TPSA) is 73.2 Å². The van der Waals surface area contributed by atoms with Crippen LogP contribution in [0, 0.1) is 18.7 Å². The van der Waals surface area contributed by atoms with E-state index in [-0.39, 0.29) is 17.7 Å². The fraction of sp³-hybridized carbons (Fsp3) is 0.414. The van der Waals surface area contributed by atoms with Gasteiger partial charge in [0.15, 0.2) is 0 Å². The van der Waals surface area contributed by atoms with Crippen LogP contribution >= 0.6 is 11.3 Å². The Balaban J connectivity index is 1.14. The van der Waals surface area contributed by atoms with Gasteiger partial charge in [0.05, 0.1) is 5.56 Å². The molecule has 37 heavy (non-hydrogen) atoms. The minimum Gasteiger partial charge on any atom is -0.380 e. The molecule has 3 fully saturated rings. The van der Waals surface area contributed by atoms with Crippen LogP contribution in [-0.4, -0.2) is 63.3 Å². The number of aryl methyl sites for hydroxylation is 1. The SMILES string of the molecule is Cc1cc2cc(-c3ccc(C4=NC5(CC5)C(=O)N4CC4CCN(C(=O)C5(O)CC5)C4)c(F)c3)ccc2s1. The molecule has 6 nitrogen and oxygen atoms in total. The summed E-state index contributed by atoms with van der Waals surface area (Å²) in [5.41, 5.74) is 0.156. The fourth-order valence-corrected chi connectivity index (χ4v) is 6.66. The van der Waals surface area contributed by atoms with E-state index >= 15 is 4.39 Å². The lowest BCUT2D eigenvalue weighted by Gasteiger charge is -2.24. The van der Waals surface area contributed by atoms with Crippen molar-refractivity contribution in [3.05, 3.63) is 58.7 Å². The summed E-state index contributed by atoms with van der Waals surface area (Å²) in [5.74, 6) is -0.186. The minimum absolute atomic E-state index is 0.0603. The molecule has 2 aliphatic heterocycles. The number of carbonyl (C=O) groups excluding carboxylic acids is 2. The normalized spacial score (nSPS) is 23.3. The Labute approximate surface area is 218 Å². The van der Waals surface area contributed by atoms with Crippen LogP contribution in [0.4, 0.5) is 4.39 Å². The number of nitrogens with zero attached hydrogens (tertiary/aromatic N) is 3. The summed E-state index contributed by atoms with van der Waals surface area (Å²) in [4.78, 5) is 35.3. The van der Waals surface area contributed by atoms with Crippen LogP contribution in [0.3, 0.4) is 0 Å². The monoisotopic (exact) mass is 517 g/mol. The van der Waals surface area contributed by atoms with Crippen LogP contribution in [0.2, 0.25) is 0 Å². The number of rotatable bonds is 5. The number of likely N-dealkylation sites (tertiary alicyclic amines) is 1. The Kier molecular flexibility index (Phi) is 4.95. The molecule has 3 aromatic rings. The summed E-state index contributed by atoms with van der Waals surface area (Å²) in [6.45, 7) is 3.55. The number of fused-ring (bicyclic) bond motifs is 1. The van der Waals surface area contributed by atoms with Gasteiger partial charge in [-0.3, -0.25) is 19.5 Å². The molecule has 1 saturated heterocycles. The van der Waals surface area contributed by atoms with Crippen molar-refractivity contribution in [2.45, 2.75) is 50.2 Å². The van der Waals surface area contributed by atoms with Crippen LogP contribution < -0.4 is 0 Å². The van der Waals surface area contributed by atoms with Crippen molar-refractivity contribution in [3.8, 4) is 11.1 Å². The molecular weight excluding hydrogens is 489 g/mol. The first-order chi connectivity index (χ1) is 17.7. The van der Waals surface area contributed by atoms with E-state index in [1.165, 1.54) is 15.6 Å². The third kappa shape index (κ3) is 3.80. The molecule has 1 atom stereocenters. The standard InChI is InChI=1S/C29H28FN3O3S/c1-17-12-21-13-19(3-5-24(21)37-17)20-2-4-22(23(30)14-20)25-31-28(7-8-28)26(34)33(25)16-18-6-11-32(15-18)27(35)29(36)9-10-29/h2-5,12-14,18,36H,6-11,15-16H2,1H3. The first kappa shape index (κ1) is 23.0. The second-order valence-corrected chi connectivity index (χ2v) is 12.4. The molecule has 2 aromatic carbocycles. The molecule has 2 saturated carbocycles. The molecular formula is C29H28FN3O3S. The van der Waals surface area contributed by atoms with Gasteiger partial charge in [-0.2, -0.15) is 0 Å². The number of hydrogen-bond donors (Lipinski definition) is 1. The minimum atomic E-state index is -1.18. The lowest BCUT2D eigenvalue weighted by molar-refractivity contribution is -0.141. The van der Waals surface area contributed by atoms with Crippen molar-refractivity contribution < 1.29 is 19.1 Å². The zero-order valence-electron chi connectivity index (χ0n) is 20.7. The third-order valence-corrected chi connectivity index (χ3v) is 9.29. The number of benzene rings is 2. The second-order valence-electron chi connectivity index (χ2n) is 11.1. The Hall–Kier alpha value is -3.10. The Morgan fingerprint density at radius 2 is 1.89 bits per heavy atom. The number of aliphatic hydroxyl groups is 1. The molecule has 7 rings (SSSR count). The Morgan fingerprint density at radius 1 is 1.14 bits per heavy atom. The highest BCUT2D eigenvalue weighted by atomic mass is 32.1. The average Bonchev–Trinajstić information content (AvgIpc) is 3.70. The van der Waals surface area contributed by atoms with Gasteiger partial charge in [-0.15, -0.1) is 11.3 Å². The van der Waals surface area contributed by atoms with E-state index in [2.05, 4.69) is 25.1 Å². The van der Waals surface area contributed by atoms with E-state index < -0.39 is 17.0 Å². The first-order valence-electron chi connectivity index (χ1n) is 13.0. The van der Waals surface area contributed by atoms with E-state index in [1.54, 1.807) is 27.2 Å². The lowest BCUT2D eigenvalue weighted by Crippen LogP contribution is -2.42.